The van der Waals surface area contributed by atoms with Crippen molar-refractivity contribution in [1.29, 1.82) is 0 Å². The fourth-order valence-electron chi connectivity index (χ4n) is 2.44. The summed E-state index contributed by atoms with van der Waals surface area (Å²) in [5, 5.41) is 9.39. The number of aliphatic hydroxyl groups is 1. The first kappa shape index (κ1) is 9.71. The molecule has 0 aromatic heterocycles. The van der Waals surface area contributed by atoms with Gasteiger partial charge in [0.05, 0.1) is 12.5 Å². The van der Waals surface area contributed by atoms with E-state index in [0.29, 0.717) is 6.42 Å². The van der Waals surface area contributed by atoms with Crippen LogP contribution < -0.4 is 0 Å². The topological polar surface area (TPSA) is 46.5 Å². The zero-order chi connectivity index (χ0) is 10.2. The van der Waals surface area contributed by atoms with Gasteiger partial charge in [0.2, 0.25) is 0 Å². The van der Waals surface area contributed by atoms with E-state index >= 15 is 0 Å². The minimum absolute atomic E-state index is 0.155. The Bertz CT molecular complexity index is 244. The van der Waals surface area contributed by atoms with Crippen molar-refractivity contribution in [3.05, 3.63) is 12.2 Å². The number of hydrogen-bond acceptors (Lipinski definition) is 3. The van der Waals surface area contributed by atoms with Gasteiger partial charge in [-0.15, -0.1) is 0 Å². The third-order valence-electron chi connectivity index (χ3n) is 3.16. The molecule has 1 saturated heterocycles. The summed E-state index contributed by atoms with van der Waals surface area (Å²) in [4.78, 5) is 11.3. The molecule has 1 heterocycles. The van der Waals surface area contributed by atoms with Gasteiger partial charge in [-0.25, -0.2) is 0 Å². The largest absolute Gasteiger partial charge is 0.458 e. The lowest BCUT2D eigenvalue weighted by Crippen LogP contribution is -2.43. The van der Waals surface area contributed by atoms with E-state index in [9.17, 15) is 9.90 Å². The van der Waals surface area contributed by atoms with Crippen LogP contribution in [0.1, 0.15) is 38.5 Å². The Morgan fingerprint density at radius 3 is 2.64 bits per heavy atom. The molecule has 3 heteroatoms. The van der Waals surface area contributed by atoms with Gasteiger partial charge in [0.25, 0.3) is 0 Å². The summed E-state index contributed by atoms with van der Waals surface area (Å²) in [6.07, 6.45) is 3.96. The summed E-state index contributed by atoms with van der Waals surface area (Å²) in [5.41, 5.74) is 0.642. The molecule has 0 bridgehead atoms. The van der Waals surface area contributed by atoms with E-state index < -0.39 is 0 Å². The third-order valence-corrected chi connectivity index (χ3v) is 3.16. The summed E-state index contributed by atoms with van der Waals surface area (Å²) >= 11 is 0. The molecule has 0 amide bonds. The van der Waals surface area contributed by atoms with Gasteiger partial charge >= 0.3 is 5.97 Å². The van der Waals surface area contributed by atoms with Crippen LogP contribution in [0.25, 0.3) is 0 Å². The van der Waals surface area contributed by atoms with E-state index in [0.717, 1.165) is 37.7 Å². The van der Waals surface area contributed by atoms with Crippen LogP contribution in [-0.2, 0) is 9.53 Å². The van der Waals surface area contributed by atoms with E-state index in [2.05, 4.69) is 6.58 Å². The number of carbonyl (C=O) groups is 1. The van der Waals surface area contributed by atoms with Gasteiger partial charge in [0, 0.05) is 6.42 Å². The number of carbonyl (C=O) groups excluding carboxylic acids is 1. The molecule has 1 N–H and O–H groups in total. The molecule has 2 fully saturated rings. The van der Waals surface area contributed by atoms with Crippen molar-refractivity contribution >= 4 is 5.97 Å². The van der Waals surface area contributed by atoms with E-state index in [1.165, 1.54) is 0 Å². The molecule has 1 aliphatic heterocycles. The Hall–Kier alpha value is -0.830. The Morgan fingerprint density at radius 1 is 1.43 bits per heavy atom. The molecule has 1 aliphatic carbocycles. The summed E-state index contributed by atoms with van der Waals surface area (Å²) in [7, 11) is 0. The molecule has 2 aliphatic rings. The highest BCUT2D eigenvalue weighted by atomic mass is 16.6. The van der Waals surface area contributed by atoms with Crippen molar-refractivity contribution in [3.8, 4) is 0 Å². The Labute approximate surface area is 83.8 Å². The first-order valence-corrected chi connectivity index (χ1v) is 5.16. The van der Waals surface area contributed by atoms with Crippen LogP contribution in [0.4, 0.5) is 0 Å². The molecule has 2 rings (SSSR count). The highest BCUT2D eigenvalue weighted by Gasteiger charge is 2.41. The lowest BCUT2D eigenvalue weighted by molar-refractivity contribution is -0.169. The average Bonchev–Trinajstić information content (AvgIpc) is 2.09. The molecule has 0 aromatic carbocycles. The molecule has 0 aromatic rings. The van der Waals surface area contributed by atoms with Crippen molar-refractivity contribution in [2.45, 2.75) is 50.2 Å². The number of esters is 1. The van der Waals surface area contributed by atoms with E-state index in [-0.39, 0.29) is 17.7 Å². The number of hydrogen-bond donors (Lipinski definition) is 1. The molecule has 78 valence electrons. The van der Waals surface area contributed by atoms with Gasteiger partial charge in [-0.3, -0.25) is 4.79 Å². The van der Waals surface area contributed by atoms with E-state index in [4.69, 9.17) is 4.74 Å². The minimum atomic E-state index is -0.328. The van der Waals surface area contributed by atoms with Crippen LogP contribution >= 0.6 is 0 Å². The van der Waals surface area contributed by atoms with Gasteiger partial charge < -0.3 is 9.84 Å². The van der Waals surface area contributed by atoms with Gasteiger partial charge in [0.15, 0.2) is 0 Å². The van der Waals surface area contributed by atoms with Gasteiger partial charge in [-0.1, -0.05) is 12.2 Å². The van der Waals surface area contributed by atoms with Crippen LogP contribution in [-0.4, -0.2) is 22.8 Å². The van der Waals surface area contributed by atoms with Crippen LogP contribution in [0.5, 0.6) is 0 Å². The zero-order valence-corrected chi connectivity index (χ0v) is 8.29. The molecule has 1 saturated carbocycles. The SMILES string of the molecule is C=C1CC(=O)OC2(CCC(O)CC2)C1. The molecular formula is C11H16O3. The second kappa shape index (κ2) is 3.39. The molecular weight excluding hydrogens is 180 g/mol. The van der Waals surface area contributed by atoms with Crippen molar-refractivity contribution in [3.63, 3.8) is 0 Å². The average molecular weight is 196 g/mol. The van der Waals surface area contributed by atoms with Crippen LogP contribution in [0.15, 0.2) is 12.2 Å². The lowest BCUT2D eigenvalue weighted by atomic mass is 9.77. The fraction of sp³-hybridized carbons (Fsp3) is 0.727. The Morgan fingerprint density at radius 2 is 2.07 bits per heavy atom. The lowest BCUT2D eigenvalue weighted by Gasteiger charge is -2.41. The van der Waals surface area contributed by atoms with Crippen LogP contribution in [0, 0.1) is 0 Å². The predicted octanol–water partition coefficient (Wildman–Crippen LogP) is 1.55. The quantitative estimate of drug-likeness (QED) is 0.472. The van der Waals surface area contributed by atoms with Crippen molar-refractivity contribution in [1.82, 2.24) is 0 Å². The Balaban J connectivity index is 2.07. The van der Waals surface area contributed by atoms with Gasteiger partial charge in [-0.2, -0.15) is 0 Å². The zero-order valence-electron chi connectivity index (χ0n) is 8.29. The maximum absolute atomic E-state index is 11.3. The highest BCUT2D eigenvalue weighted by Crippen LogP contribution is 2.40. The number of ether oxygens (including phenoxy) is 1. The fourth-order valence-corrected chi connectivity index (χ4v) is 2.44. The van der Waals surface area contributed by atoms with Crippen molar-refractivity contribution < 1.29 is 14.6 Å². The maximum atomic E-state index is 11.3. The van der Waals surface area contributed by atoms with E-state index in [1.807, 2.05) is 0 Å². The molecule has 0 atom stereocenters. The van der Waals surface area contributed by atoms with E-state index in [1.54, 1.807) is 0 Å². The van der Waals surface area contributed by atoms with Crippen LogP contribution in [0.2, 0.25) is 0 Å². The Kier molecular flexibility index (Phi) is 2.35. The molecule has 1 spiro atoms. The second-order valence-corrected chi connectivity index (χ2v) is 4.49. The normalized spacial score (nSPS) is 38.5. The second-order valence-electron chi connectivity index (χ2n) is 4.49. The smallest absolute Gasteiger partial charge is 0.310 e. The third kappa shape index (κ3) is 1.82. The standard InChI is InChI=1S/C11H16O3/c1-8-6-10(13)14-11(7-8)4-2-9(12)3-5-11/h9,12H,1-7H2. The monoisotopic (exact) mass is 196 g/mol. The first-order valence-electron chi connectivity index (χ1n) is 5.16. The first-order chi connectivity index (χ1) is 6.60. The summed E-state index contributed by atoms with van der Waals surface area (Å²) in [6, 6.07) is 0. The molecule has 14 heavy (non-hydrogen) atoms. The highest BCUT2D eigenvalue weighted by molar-refractivity contribution is 5.74. The summed E-state index contributed by atoms with van der Waals surface area (Å²) in [5.74, 6) is -0.155. The molecule has 0 unspecified atom stereocenters. The van der Waals surface area contributed by atoms with Crippen molar-refractivity contribution in [2.75, 3.05) is 0 Å². The minimum Gasteiger partial charge on any atom is -0.458 e. The summed E-state index contributed by atoms with van der Waals surface area (Å²) < 4.78 is 5.42. The van der Waals surface area contributed by atoms with Gasteiger partial charge in [-0.05, 0) is 25.7 Å². The number of aliphatic hydroxyl groups excluding tert-OH is 1. The molecule has 0 radical (unpaired) electrons. The van der Waals surface area contributed by atoms with Crippen molar-refractivity contribution in [2.24, 2.45) is 0 Å². The summed E-state index contributed by atoms with van der Waals surface area (Å²) in [6.45, 7) is 3.87. The number of rotatable bonds is 0. The molecule has 3 nitrogen and oxygen atoms in total. The van der Waals surface area contributed by atoms with Gasteiger partial charge in [0.1, 0.15) is 5.60 Å². The maximum Gasteiger partial charge on any atom is 0.310 e. The van der Waals surface area contributed by atoms with Crippen LogP contribution in [0.3, 0.4) is 0 Å². The predicted molar refractivity (Wildman–Crippen MR) is 51.7 cm³/mol.